The summed E-state index contributed by atoms with van der Waals surface area (Å²) in [5.41, 5.74) is 0.759. The van der Waals surface area contributed by atoms with Crippen LogP contribution in [-0.4, -0.2) is 84.7 Å². The number of ether oxygens (including phenoxy) is 2. The molecule has 4 unspecified atom stereocenters. The highest BCUT2D eigenvalue weighted by Gasteiger charge is 2.42. The molecule has 1 saturated heterocycles. The fourth-order valence-corrected chi connectivity index (χ4v) is 3.34. The number of hydrogen-bond donors (Lipinski definition) is 11. The van der Waals surface area contributed by atoms with Gasteiger partial charge in [0, 0.05) is 0 Å². The summed E-state index contributed by atoms with van der Waals surface area (Å²) in [6.45, 7) is 1.74. The molecule has 4 atom stereocenters. The predicted molar refractivity (Wildman–Crippen MR) is 114 cm³/mol. The van der Waals surface area contributed by atoms with Crippen molar-refractivity contribution in [1.82, 2.24) is 4.98 Å². The van der Waals surface area contributed by atoms with Crippen molar-refractivity contribution in [2.45, 2.75) is 31.3 Å². The lowest BCUT2D eigenvalue weighted by molar-refractivity contribution is 0.0151. The average Bonchev–Trinajstić information content (AvgIpc) is 3.14. The molecule has 0 aliphatic carbocycles. The van der Waals surface area contributed by atoms with E-state index in [4.69, 9.17) is 67.2 Å². The second kappa shape index (κ2) is 13.4. The van der Waals surface area contributed by atoms with Crippen molar-refractivity contribution in [2.75, 3.05) is 7.11 Å². The van der Waals surface area contributed by atoms with E-state index in [2.05, 4.69) is 4.98 Å². The van der Waals surface area contributed by atoms with E-state index in [1.54, 1.807) is 14.0 Å². The van der Waals surface area contributed by atoms with Crippen LogP contribution in [0.1, 0.15) is 18.0 Å². The Bertz CT molecular complexity index is 974. The van der Waals surface area contributed by atoms with E-state index in [1.165, 1.54) is 11.3 Å². The zero-order valence-corrected chi connectivity index (χ0v) is 20.7. The van der Waals surface area contributed by atoms with Gasteiger partial charge >= 0.3 is 23.5 Å². The highest BCUT2D eigenvalue weighted by Crippen LogP contribution is 2.39. The van der Waals surface area contributed by atoms with Crippen molar-refractivity contribution in [3.8, 4) is 5.75 Å². The van der Waals surface area contributed by atoms with Crippen molar-refractivity contribution >= 4 is 45.0 Å². The SMILES string of the molecule is COc1cccc2sc(C3OC(C)C(O)C3O)nc12.O=P(O)(O)O.O=P(O)(O)O.O=P(O)(O)O. The molecule has 0 bridgehead atoms. The molecule has 2 aromatic rings. The summed E-state index contributed by atoms with van der Waals surface area (Å²) >= 11 is 1.44. The molecule has 198 valence electrons. The quantitative estimate of drug-likeness (QED) is 0.185. The third-order valence-electron chi connectivity index (χ3n) is 3.36. The van der Waals surface area contributed by atoms with Gasteiger partial charge in [-0.3, -0.25) is 0 Å². The fraction of sp³-hybridized carbons (Fsp3) is 0.462. The summed E-state index contributed by atoms with van der Waals surface area (Å²) in [6, 6.07) is 5.68. The zero-order chi connectivity index (χ0) is 27.1. The van der Waals surface area contributed by atoms with E-state index in [1.807, 2.05) is 18.2 Å². The van der Waals surface area contributed by atoms with Crippen molar-refractivity contribution in [1.29, 1.82) is 0 Å². The Hall–Kier alpha value is -0.880. The van der Waals surface area contributed by atoms with Gasteiger partial charge in [0.05, 0.1) is 17.9 Å². The Balaban J connectivity index is 0.000000599. The van der Waals surface area contributed by atoms with Crippen LogP contribution in [-0.2, 0) is 18.4 Å². The molecular weight excluding hydrogens is 551 g/mol. The molecule has 2 heterocycles. The Morgan fingerprint density at radius 3 is 1.68 bits per heavy atom. The topological polar surface area (TPSA) is 305 Å². The van der Waals surface area contributed by atoms with E-state index in [-0.39, 0.29) is 0 Å². The maximum absolute atomic E-state index is 9.99. The van der Waals surface area contributed by atoms with Crippen LogP contribution in [0.25, 0.3) is 10.2 Å². The van der Waals surface area contributed by atoms with E-state index in [9.17, 15) is 10.2 Å². The van der Waals surface area contributed by atoms with Crippen LogP contribution in [0.5, 0.6) is 5.75 Å². The maximum Gasteiger partial charge on any atom is 0.466 e. The van der Waals surface area contributed by atoms with Gasteiger partial charge in [0.2, 0.25) is 0 Å². The molecule has 1 aromatic heterocycles. The van der Waals surface area contributed by atoms with Gasteiger partial charge in [-0.05, 0) is 19.1 Å². The minimum absolute atomic E-state index is 0.395. The summed E-state index contributed by atoms with van der Waals surface area (Å²) in [5.74, 6) is 0.695. The van der Waals surface area contributed by atoms with E-state index in [0.29, 0.717) is 10.8 Å². The number of methoxy groups -OCH3 is 1. The number of aliphatic hydroxyl groups excluding tert-OH is 2. The Kier molecular flexibility index (Phi) is 13.1. The Labute approximate surface area is 195 Å². The van der Waals surface area contributed by atoms with Gasteiger partial charge in [0.15, 0.2) is 0 Å². The summed E-state index contributed by atoms with van der Waals surface area (Å²) in [6.07, 6.45) is -2.79. The molecule has 34 heavy (non-hydrogen) atoms. The fourth-order valence-electron chi connectivity index (χ4n) is 2.28. The van der Waals surface area contributed by atoms with Gasteiger partial charge in [0.25, 0.3) is 0 Å². The van der Waals surface area contributed by atoms with Crippen molar-refractivity contribution < 1.29 is 77.4 Å². The largest absolute Gasteiger partial charge is 0.494 e. The summed E-state index contributed by atoms with van der Waals surface area (Å²) in [4.78, 5) is 69.2. The van der Waals surface area contributed by atoms with Crippen LogP contribution >= 0.6 is 34.8 Å². The first-order valence-corrected chi connectivity index (χ1v) is 13.9. The minimum Gasteiger partial charge on any atom is -0.494 e. The number of benzene rings is 1. The van der Waals surface area contributed by atoms with Gasteiger partial charge in [-0.15, -0.1) is 11.3 Å². The van der Waals surface area contributed by atoms with Gasteiger partial charge in [-0.2, -0.15) is 0 Å². The number of rotatable bonds is 2. The van der Waals surface area contributed by atoms with Crippen LogP contribution in [0.2, 0.25) is 0 Å². The number of phosphoric acid groups is 3. The highest BCUT2D eigenvalue weighted by molar-refractivity contribution is 7.45. The van der Waals surface area contributed by atoms with E-state index >= 15 is 0 Å². The molecule has 1 aliphatic rings. The first kappa shape index (κ1) is 33.1. The number of para-hydroxylation sites is 1. The molecule has 1 aromatic carbocycles. The Morgan fingerprint density at radius 1 is 0.882 bits per heavy atom. The first-order chi connectivity index (χ1) is 15.1. The highest BCUT2D eigenvalue weighted by atomic mass is 32.1. The minimum atomic E-state index is -4.64. The van der Waals surface area contributed by atoms with Crippen LogP contribution in [0.3, 0.4) is 0 Å². The predicted octanol–water partition coefficient (Wildman–Crippen LogP) is -1.30. The number of aliphatic hydroxyl groups is 2. The number of thiazole rings is 1. The molecule has 0 spiro atoms. The molecule has 0 amide bonds. The van der Waals surface area contributed by atoms with Gasteiger partial charge < -0.3 is 63.7 Å². The first-order valence-electron chi connectivity index (χ1n) is 8.41. The number of hydrogen-bond acceptors (Lipinski definition) is 9. The second-order valence-electron chi connectivity index (χ2n) is 6.14. The lowest BCUT2D eigenvalue weighted by Gasteiger charge is -2.11. The van der Waals surface area contributed by atoms with Crippen molar-refractivity contribution in [2.24, 2.45) is 0 Å². The molecule has 0 radical (unpaired) electrons. The number of fused-ring (bicyclic) bond motifs is 1. The molecule has 17 nitrogen and oxygen atoms in total. The number of aromatic nitrogens is 1. The number of nitrogens with zero attached hydrogens (tertiary/aromatic N) is 1. The average molecular weight is 575 g/mol. The summed E-state index contributed by atoms with van der Waals surface area (Å²) in [7, 11) is -12.3. The van der Waals surface area contributed by atoms with Crippen LogP contribution in [0.15, 0.2) is 18.2 Å². The van der Waals surface area contributed by atoms with E-state index in [0.717, 1.165) is 10.2 Å². The molecular formula is C13H24NO16P3S. The van der Waals surface area contributed by atoms with Crippen molar-refractivity contribution in [3.05, 3.63) is 23.2 Å². The van der Waals surface area contributed by atoms with Crippen LogP contribution in [0, 0.1) is 0 Å². The third-order valence-corrected chi connectivity index (χ3v) is 4.45. The molecule has 1 fully saturated rings. The molecule has 11 N–H and O–H groups in total. The second-order valence-corrected chi connectivity index (χ2v) is 10.3. The van der Waals surface area contributed by atoms with Gasteiger partial charge in [-0.1, -0.05) is 6.07 Å². The van der Waals surface area contributed by atoms with Crippen molar-refractivity contribution in [3.63, 3.8) is 0 Å². The maximum atomic E-state index is 9.99. The van der Waals surface area contributed by atoms with Crippen LogP contribution < -0.4 is 4.74 Å². The lowest BCUT2D eigenvalue weighted by Crippen LogP contribution is -2.28. The third kappa shape index (κ3) is 15.2. The normalized spacial score (nSPS) is 22.5. The Morgan fingerprint density at radius 2 is 1.32 bits per heavy atom. The van der Waals surface area contributed by atoms with Gasteiger partial charge in [-0.25, -0.2) is 18.7 Å². The van der Waals surface area contributed by atoms with E-state index < -0.39 is 47.9 Å². The standard InChI is InChI=1S/C13H15NO4S.3H3O4P/c1-6-10(15)11(16)12(18-6)13-14-9-7(17-2)4-3-5-8(9)19-13;3*1-5(2,3)4/h3-6,10-12,15-16H,1-2H3;3*(H3,1,2,3,4). The zero-order valence-electron chi connectivity index (χ0n) is 17.2. The lowest BCUT2D eigenvalue weighted by atomic mass is 10.1. The summed E-state index contributed by atoms with van der Waals surface area (Å²) < 4.78 is 38.5. The molecule has 3 rings (SSSR count). The van der Waals surface area contributed by atoms with Gasteiger partial charge in [0.1, 0.15) is 34.6 Å². The molecule has 21 heteroatoms. The van der Waals surface area contributed by atoms with Crippen LogP contribution in [0.4, 0.5) is 0 Å². The smallest absolute Gasteiger partial charge is 0.466 e. The summed E-state index contributed by atoms with van der Waals surface area (Å²) in [5, 5.41) is 20.4. The molecule has 1 aliphatic heterocycles. The molecule has 0 saturated carbocycles. The monoisotopic (exact) mass is 575 g/mol.